The highest BCUT2D eigenvalue weighted by molar-refractivity contribution is 6.18. The molecule has 0 saturated heterocycles. The third-order valence-electron chi connectivity index (χ3n) is 2.92. The minimum absolute atomic E-state index is 0.00304. The molecule has 18 heavy (non-hydrogen) atoms. The van der Waals surface area contributed by atoms with Crippen LogP contribution in [-0.2, 0) is 0 Å². The van der Waals surface area contributed by atoms with E-state index in [1.165, 1.54) is 0 Å². The van der Waals surface area contributed by atoms with Crippen molar-refractivity contribution in [2.24, 2.45) is 0 Å². The molecule has 0 aliphatic carbocycles. The summed E-state index contributed by atoms with van der Waals surface area (Å²) in [6.45, 7) is 1.91. The summed E-state index contributed by atoms with van der Waals surface area (Å²) in [4.78, 5) is 22.2. The van der Waals surface area contributed by atoms with Crippen LogP contribution in [0.1, 0.15) is 17.3 Å². The molecule has 2 rings (SSSR count). The fourth-order valence-corrected chi connectivity index (χ4v) is 1.81. The molecule has 1 aromatic heterocycles. The highest BCUT2D eigenvalue weighted by atomic mass is 35.5. The number of nitrogens with zero attached hydrogens (tertiary/aromatic N) is 3. The van der Waals surface area contributed by atoms with Crippen LogP contribution in [-0.4, -0.2) is 39.7 Å². The number of hydrogen-bond donors (Lipinski definition) is 0. The quantitative estimate of drug-likeness (QED) is 0.799. The van der Waals surface area contributed by atoms with Gasteiger partial charge in [-0.3, -0.25) is 14.8 Å². The maximum atomic E-state index is 12.2. The van der Waals surface area contributed by atoms with Crippen molar-refractivity contribution >= 4 is 28.5 Å². The highest BCUT2D eigenvalue weighted by Crippen LogP contribution is 2.13. The Balaban J connectivity index is 2.33. The Morgan fingerprint density at radius 3 is 2.67 bits per heavy atom. The zero-order chi connectivity index (χ0) is 13.1. The molecule has 0 spiro atoms. The Bertz CT molecular complexity index is 573. The second-order valence-electron chi connectivity index (χ2n) is 4.18. The van der Waals surface area contributed by atoms with Crippen LogP contribution in [0.25, 0.3) is 11.0 Å². The maximum Gasteiger partial charge on any atom is 0.253 e. The lowest BCUT2D eigenvalue weighted by atomic mass is 10.1. The number of carbonyl (C=O) groups is 1. The van der Waals surface area contributed by atoms with Gasteiger partial charge in [0.1, 0.15) is 0 Å². The fourth-order valence-electron chi connectivity index (χ4n) is 1.60. The Morgan fingerprint density at radius 1 is 1.33 bits per heavy atom. The van der Waals surface area contributed by atoms with Crippen molar-refractivity contribution in [3.63, 3.8) is 0 Å². The van der Waals surface area contributed by atoms with E-state index < -0.39 is 0 Å². The fraction of sp³-hybridized carbons (Fsp3) is 0.308. The number of alkyl halides is 1. The van der Waals surface area contributed by atoms with E-state index in [2.05, 4.69) is 9.97 Å². The molecule has 94 valence electrons. The molecule has 1 unspecified atom stereocenters. The van der Waals surface area contributed by atoms with E-state index in [0.29, 0.717) is 11.4 Å². The van der Waals surface area contributed by atoms with Gasteiger partial charge in [0.15, 0.2) is 0 Å². The van der Waals surface area contributed by atoms with E-state index in [1.54, 1.807) is 42.5 Å². The molecular formula is C13H14ClN3O. The molecule has 0 radical (unpaired) electrons. The molecule has 4 nitrogen and oxygen atoms in total. The van der Waals surface area contributed by atoms with Crippen molar-refractivity contribution < 1.29 is 4.79 Å². The van der Waals surface area contributed by atoms with Crippen molar-refractivity contribution in [3.8, 4) is 0 Å². The first-order valence-electron chi connectivity index (χ1n) is 5.67. The summed E-state index contributed by atoms with van der Waals surface area (Å²) in [5.74, 6) is 0.353. The Hall–Kier alpha value is -1.68. The topological polar surface area (TPSA) is 46.1 Å². The van der Waals surface area contributed by atoms with Crippen LogP contribution in [0, 0.1) is 0 Å². The van der Waals surface area contributed by atoms with E-state index in [1.807, 2.05) is 6.92 Å². The van der Waals surface area contributed by atoms with Crippen molar-refractivity contribution in [2.45, 2.75) is 13.0 Å². The molecule has 0 aliphatic rings. The molecule has 5 heteroatoms. The van der Waals surface area contributed by atoms with Crippen LogP contribution in [0.15, 0.2) is 30.6 Å². The standard InChI is InChI=1S/C13H14ClN3O/c1-9(8-14)17(2)13(18)10-3-4-11-12(7-10)16-6-5-15-11/h3-7,9H,8H2,1-2H3. The van der Waals surface area contributed by atoms with Crippen LogP contribution in [0.4, 0.5) is 0 Å². The Kier molecular flexibility index (Phi) is 3.77. The highest BCUT2D eigenvalue weighted by Gasteiger charge is 2.17. The minimum Gasteiger partial charge on any atom is -0.338 e. The molecule has 1 aromatic carbocycles. The number of fused-ring (bicyclic) bond motifs is 1. The molecule has 0 fully saturated rings. The lowest BCUT2D eigenvalue weighted by Crippen LogP contribution is -2.36. The predicted octanol–water partition coefficient (Wildman–Crippen LogP) is 2.33. The van der Waals surface area contributed by atoms with Crippen LogP contribution >= 0.6 is 11.6 Å². The average molecular weight is 264 g/mol. The van der Waals surface area contributed by atoms with Gasteiger partial charge < -0.3 is 4.90 Å². The summed E-state index contributed by atoms with van der Waals surface area (Å²) in [5, 5.41) is 0. The van der Waals surface area contributed by atoms with Gasteiger partial charge in [-0.25, -0.2) is 0 Å². The normalized spacial score (nSPS) is 12.4. The largest absolute Gasteiger partial charge is 0.338 e. The number of carbonyl (C=O) groups excluding carboxylic acids is 1. The number of hydrogen-bond acceptors (Lipinski definition) is 3. The van der Waals surface area contributed by atoms with Crippen LogP contribution in [0.3, 0.4) is 0 Å². The molecule has 0 N–H and O–H groups in total. The molecular weight excluding hydrogens is 250 g/mol. The molecule has 0 bridgehead atoms. The van der Waals surface area contributed by atoms with Gasteiger partial charge in [-0.15, -0.1) is 11.6 Å². The SMILES string of the molecule is CC(CCl)N(C)C(=O)c1ccc2nccnc2c1. The summed E-state index contributed by atoms with van der Waals surface area (Å²) >= 11 is 5.76. The summed E-state index contributed by atoms with van der Waals surface area (Å²) in [7, 11) is 1.75. The first kappa shape index (κ1) is 12.8. The van der Waals surface area contributed by atoms with Gasteiger partial charge in [0.05, 0.1) is 11.0 Å². The lowest BCUT2D eigenvalue weighted by Gasteiger charge is -2.23. The first-order chi connectivity index (χ1) is 8.63. The minimum atomic E-state index is -0.0595. The van der Waals surface area contributed by atoms with Crippen LogP contribution in [0.2, 0.25) is 0 Å². The predicted molar refractivity (Wildman–Crippen MR) is 71.8 cm³/mol. The molecule has 1 heterocycles. The van der Waals surface area contributed by atoms with Crippen molar-refractivity contribution in [2.75, 3.05) is 12.9 Å². The van der Waals surface area contributed by atoms with E-state index in [9.17, 15) is 4.79 Å². The molecule has 0 saturated carbocycles. The van der Waals surface area contributed by atoms with Gasteiger partial charge >= 0.3 is 0 Å². The number of halogens is 1. The average Bonchev–Trinajstić information content (AvgIpc) is 2.44. The summed E-state index contributed by atoms with van der Waals surface area (Å²) in [5.41, 5.74) is 2.10. The summed E-state index contributed by atoms with van der Waals surface area (Å²) < 4.78 is 0. The van der Waals surface area contributed by atoms with Crippen molar-refractivity contribution in [1.82, 2.24) is 14.9 Å². The zero-order valence-corrected chi connectivity index (χ0v) is 11.1. The molecule has 1 amide bonds. The van der Waals surface area contributed by atoms with Gasteiger partial charge in [-0.2, -0.15) is 0 Å². The number of amides is 1. The van der Waals surface area contributed by atoms with E-state index in [4.69, 9.17) is 11.6 Å². The second kappa shape index (κ2) is 5.31. The zero-order valence-electron chi connectivity index (χ0n) is 10.3. The Labute approximate surface area is 111 Å². The maximum absolute atomic E-state index is 12.2. The van der Waals surface area contributed by atoms with Gasteiger partial charge in [-0.1, -0.05) is 0 Å². The van der Waals surface area contributed by atoms with Crippen LogP contribution in [0.5, 0.6) is 0 Å². The van der Waals surface area contributed by atoms with Crippen molar-refractivity contribution in [1.29, 1.82) is 0 Å². The van der Waals surface area contributed by atoms with Gasteiger partial charge in [0, 0.05) is 36.9 Å². The number of rotatable bonds is 3. The summed E-state index contributed by atoms with van der Waals surface area (Å²) in [6, 6.07) is 5.31. The summed E-state index contributed by atoms with van der Waals surface area (Å²) in [6.07, 6.45) is 3.24. The third kappa shape index (κ3) is 2.43. The van der Waals surface area contributed by atoms with E-state index in [-0.39, 0.29) is 11.9 Å². The third-order valence-corrected chi connectivity index (χ3v) is 3.37. The van der Waals surface area contributed by atoms with E-state index in [0.717, 1.165) is 11.0 Å². The van der Waals surface area contributed by atoms with E-state index >= 15 is 0 Å². The smallest absolute Gasteiger partial charge is 0.253 e. The molecule has 0 aliphatic heterocycles. The molecule has 1 atom stereocenters. The van der Waals surface area contributed by atoms with Gasteiger partial charge in [-0.05, 0) is 25.1 Å². The van der Waals surface area contributed by atoms with Crippen molar-refractivity contribution in [3.05, 3.63) is 36.2 Å². The first-order valence-corrected chi connectivity index (χ1v) is 6.21. The van der Waals surface area contributed by atoms with Gasteiger partial charge in [0.2, 0.25) is 0 Å². The lowest BCUT2D eigenvalue weighted by molar-refractivity contribution is 0.0757. The number of benzene rings is 1. The monoisotopic (exact) mass is 263 g/mol. The van der Waals surface area contributed by atoms with Gasteiger partial charge in [0.25, 0.3) is 5.91 Å². The van der Waals surface area contributed by atoms with Crippen LogP contribution < -0.4 is 0 Å². The second-order valence-corrected chi connectivity index (χ2v) is 4.49. The Morgan fingerprint density at radius 2 is 2.00 bits per heavy atom. The number of aromatic nitrogens is 2. The molecule has 2 aromatic rings.